The van der Waals surface area contributed by atoms with Gasteiger partial charge in [-0.25, -0.2) is 0 Å². The first-order valence-electron chi connectivity index (χ1n) is 7.94. The highest BCUT2D eigenvalue weighted by atomic mass is 15.1. The van der Waals surface area contributed by atoms with Crippen LogP contribution < -0.4 is 11.1 Å². The molecule has 112 valence electrons. The van der Waals surface area contributed by atoms with Crippen LogP contribution in [-0.2, 0) is 0 Å². The summed E-state index contributed by atoms with van der Waals surface area (Å²) >= 11 is 0. The fourth-order valence-electron chi connectivity index (χ4n) is 3.05. The number of likely N-dealkylation sites (tertiary alicyclic amines) is 1. The number of nitrogens with zero attached hydrogens (tertiary/aromatic N) is 2. The first kappa shape index (κ1) is 14.1. The number of fused-ring (bicyclic) bond motifs is 1. The van der Waals surface area contributed by atoms with Crippen LogP contribution in [0.4, 0.5) is 11.4 Å². The van der Waals surface area contributed by atoms with Crippen LogP contribution in [-0.4, -0.2) is 36.1 Å². The third kappa shape index (κ3) is 3.45. The van der Waals surface area contributed by atoms with E-state index in [-0.39, 0.29) is 0 Å². The lowest BCUT2D eigenvalue weighted by Gasteiger charge is -2.21. The summed E-state index contributed by atoms with van der Waals surface area (Å²) in [6.45, 7) is 4.47. The third-order valence-electron chi connectivity index (χ3n) is 4.23. The van der Waals surface area contributed by atoms with Crippen LogP contribution in [0.3, 0.4) is 0 Å². The molecule has 0 spiro atoms. The topological polar surface area (TPSA) is 54.2 Å². The summed E-state index contributed by atoms with van der Waals surface area (Å²) in [5.74, 6) is 0. The second kappa shape index (κ2) is 6.76. The van der Waals surface area contributed by atoms with E-state index in [1.165, 1.54) is 38.8 Å². The minimum Gasteiger partial charge on any atom is -0.396 e. The van der Waals surface area contributed by atoms with Gasteiger partial charge in [-0.2, -0.15) is 0 Å². The van der Waals surface area contributed by atoms with E-state index in [1.807, 2.05) is 18.2 Å². The summed E-state index contributed by atoms with van der Waals surface area (Å²) in [5.41, 5.74) is 8.83. The first-order valence-corrected chi connectivity index (χ1v) is 7.94. The number of hydrogen-bond donors (Lipinski definition) is 2. The molecule has 0 atom stereocenters. The van der Waals surface area contributed by atoms with Crippen molar-refractivity contribution in [3.05, 3.63) is 30.5 Å². The predicted octanol–water partition coefficient (Wildman–Crippen LogP) is 3.10. The molecule has 1 aromatic carbocycles. The van der Waals surface area contributed by atoms with Crippen molar-refractivity contribution in [1.82, 2.24) is 9.88 Å². The molecule has 0 saturated carbocycles. The molecule has 21 heavy (non-hydrogen) atoms. The standard InChI is InChI=1S/C17H24N4/c18-15-13-20-16-8-4-3-7-14(16)17(15)19-9-12-21-10-5-1-2-6-11-21/h3-4,7-8,13H,1-2,5-6,9-12,18H2,(H,19,20). The quantitative estimate of drug-likeness (QED) is 0.906. The van der Waals surface area contributed by atoms with Crippen molar-refractivity contribution in [2.24, 2.45) is 0 Å². The van der Waals surface area contributed by atoms with Crippen molar-refractivity contribution >= 4 is 22.3 Å². The van der Waals surface area contributed by atoms with Gasteiger partial charge in [-0.3, -0.25) is 4.98 Å². The average molecular weight is 284 g/mol. The number of aromatic nitrogens is 1. The number of hydrogen-bond acceptors (Lipinski definition) is 4. The van der Waals surface area contributed by atoms with Gasteiger partial charge in [0.25, 0.3) is 0 Å². The van der Waals surface area contributed by atoms with Crippen LogP contribution in [0.25, 0.3) is 10.9 Å². The Morgan fingerprint density at radius 1 is 1.10 bits per heavy atom. The Kier molecular flexibility index (Phi) is 4.55. The fourth-order valence-corrected chi connectivity index (χ4v) is 3.05. The predicted molar refractivity (Wildman–Crippen MR) is 89.6 cm³/mol. The summed E-state index contributed by atoms with van der Waals surface area (Å²) in [5, 5.41) is 4.62. The van der Waals surface area contributed by atoms with E-state index in [2.05, 4.69) is 21.3 Å². The summed E-state index contributed by atoms with van der Waals surface area (Å²) in [6, 6.07) is 8.14. The Bertz CT molecular complexity index is 588. The molecular formula is C17H24N4. The van der Waals surface area contributed by atoms with Crippen molar-refractivity contribution in [2.75, 3.05) is 37.2 Å². The molecule has 1 aliphatic heterocycles. The van der Waals surface area contributed by atoms with Crippen LogP contribution >= 0.6 is 0 Å². The zero-order valence-corrected chi connectivity index (χ0v) is 12.5. The molecule has 3 rings (SSSR count). The number of benzene rings is 1. The number of nitrogens with one attached hydrogen (secondary N) is 1. The summed E-state index contributed by atoms with van der Waals surface area (Å²) in [7, 11) is 0. The number of para-hydroxylation sites is 1. The van der Waals surface area contributed by atoms with Crippen molar-refractivity contribution in [1.29, 1.82) is 0 Å². The van der Waals surface area contributed by atoms with Gasteiger partial charge in [0.1, 0.15) is 0 Å². The molecule has 2 heterocycles. The fraction of sp³-hybridized carbons (Fsp3) is 0.471. The van der Waals surface area contributed by atoms with Crippen molar-refractivity contribution < 1.29 is 0 Å². The monoisotopic (exact) mass is 284 g/mol. The van der Waals surface area contributed by atoms with Crippen molar-refractivity contribution in [2.45, 2.75) is 25.7 Å². The average Bonchev–Trinajstić information content (AvgIpc) is 2.78. The Labute approximate surface area is 126 Å². The Morgan fingerprint density at radius 3 is 2.67 bits per heavy atom. The number of rotatable bonds is 4. The van der Waals surface area contributed by atoms with E-state index in [0.29, 0.717) is 0 Å². The Hall–Kier alpha value is -1.81. The van der Waals surface area contributed by atoms with Gasteiger partial charge in [0.2, 0.25) is 0 Å². The van der Waals surface area contributed by atoms with E-state index in [9.17, 15) is 0 Å². The molecule has 4 heteroatoms. The van der Waals surface area contributed by atoms with Crippen molar-refractivity contribution in [3.8, 4) is 0 Å². The summed E-state index contributed by atoms with van der Waals surface area (Å²) in [4.78, 5) is 6.93. The third-order valence-corrected chi connectivity index (χ3v) is 4.23. The molecule has 4 nitrogen and oxygen atoms in total. The van der Waals surface area contributed by atoms with Gasteiger partial charge in [0.05, 0.1) is 23.1 Å². The van der Waals surface area contributed by atoms with Gasteiger partial charge in [0.15, 0.2) is 0 Å². The highest BCUT2D eigenvalue weighted by Crippen LogP contribution is 2.27. The SMILES string of the molecule is Nc1cnc2ccccc2c1NCCN1CCCCCC1. The van der Waals surface area contributed by atoms with E-state index >= 15 is 0 Å². The normalized spacial score (nSPS) is 16.8. The number of anilines is 2. The molecule has 0 bridgehead atoms. The van der Waals surface area contributed by atoms with Crippen LogP contribution in [0.2, 0.25) is 0 Å². The van der Waals surface area contributed by atoms with Crippen LogP contribution in [0, 0.1) is 0 Å². The molecule has 1 saturated heterocycles. The maximum Gasteiger partial charge on any atom is 0.0743 e. The molecular weight excluding hydrogens is 260 g/mol. The Morgan fingerprint density at radius 2 is 1.86 bits per heavy atom. The second-order valence-corrected chi connectivity index (χ2v) is 5.79. The molecule has 1 fully saturated rings. The van der Waals surface area contributed by atoms with Gasteiger partial charge < -0.3 is 16.0 Å². The van der Waals surface area contributed by atoms with Crippen molar-refractivity contribution in [3.63, 3.8) is 0 Å². The van der Waals surface area contributed by atoms with E-state index in [1.54, 1.807) is 6.20 Å². The van der Waals surface area contributed by atoms with Gasteiger partial charge in [0, 0.05) is 18.5 Å². The number of nitrogen functional groups attached to an aromatic ring is 1. The zero-order chi connectivity index (χ0) is 14.5. The minimum atomic E-state index is 0.726. The first-order chi connectivity index (χ1) is 10.3. The lowest BCUT2D eigenvalue weighted by Crippen LogP contribution is -2.30. The van der Waals surface area contributed by atoms with Crippen LogP contribution in [0.5, 0.6) is 0 Å². The maximum atomic E-state index is 6.09. The summed E-state index contributed by atoms with van der Waals surface area (Å²) < 4.78 is 0. The van der Waals surface area contributed by atoms with Gasteiger partial charge in [-0.05, 0) is 32.0 Å². The van der Waals surface area contributed by atoms with Gasteiger partial charge >= 0.3 is 0 Å². The Balaban J connectivity index is 1.66. The lowest BCUT2D eigenvalue weighted by atomic mass is 10.1. The minimum absolute atomic E-state index is 0.726. The van der Waals surface area contributed by atoms with Gasteiger partial charge in [-0.15, -0.1) is 0 Å². The zero-order valence-electron chi connectivity index (χ0n) is 12.5. The van der Waals surface area contributed by atoms with E-state index in [0.717, 1.165) is 35.4 Å². The summed E-state index contributed by atoms with van der Waals surface area (Å²) in [6.07, 6.45) is 7.18. The molecule has 2 aromatic rings. The molecule has 3 N–H and O–H groups in total. The van der Waals surface area contributed by atoms with Crippen LogP contribution in [0.1, 0.15) is 25.7 Å². The van der Waals surface area contributed by atoms with Gasteiger partial charge in [-0.1, -0.05) is 31.0 Å². The molecule has 0 unspecified atom stereocenters. The maximum absolute atomic E-state index is 6.09. The highest BCUT2D eigenvalue weighted by Gasteiger charge is 2.10. The second-order valence-electron chi connectivity index (χ2n) is 5.79. The molecule has 1 aliphatic rings. The van der Waals surface area contributed by atoms with E-state index < -0.39 is 0 Å². The molecule has 0 radical (unpaired) electrons. The molecule has 0 amide bonds. The number of pyridine rings is 1. The van der Waals surface area contributed by atoms with E-state index in [4.69, 9.17) is 5.73 Å². The largest absolute Gasteiger partial charge is 0.396 e. The highest BCUT2D eigenvalue weighted by molar-refractivity contribution is 5.96. The smallest absolute Gasteiger partial charge is 0.0743 e. The molecule has 0 aliphatic carbocycles. The van der Waals surface area contributed by atoms with Crippen LogP contribution in [0.15, 0.2) is 30.5 Å². The number of nitrogens with two attached hydrogens (primary N) is 1. The lowest BCUT2D eigenvalue weighted by molar-refractivity contribution is 0.296. The molecule has 1 aromatic heterocycles.